The highest BCUT2D eigenvalue weighted by Gasteiger charge is 2.42. The topological polar surface area (TPSA) is 40.6 Å². The number of amides is 2. The van der Waals surface area contributed by atoms with Gasteiger partial charge in [-0.2, -0.15) is 11.8 Å². The Kier molecular flexibility index (Phi) is 3.03. The first-order chi connectivity index (χ1) is 8.25. The molecule has 94 valence electrons. The molecule has 5 heteroatoms. The Morgan fingerprint density at radius 2 is 2.18 bits per heavy atom. The number of hydrogen-bond acceptors (Lipinski definition) is 3. The van der Waals surface area contributed by atoms with Crippen LogP contribution >= 0.6 is 11.8 Å². The van der Waals surface area contributed by atoms with Crippen molar-refractivity contribution in [2.75, 3.05) is 31.1 Å². The van der Waals surface area contributed by atoms with Gasteiger partial charge in [-0.05, 0) is 36.7 Å². The Balaban J connectivity index is 1.68. The van der Waals surface area contributed by atoms with E-state index in [0.717, 1.165) is 31.7 Å². The van der Waals surface area contributed by atoms with E-state index in [9.17, 15) is 9.59 Å². The first kappa shape index (κ1) is 11.4. The van der Waals surface area contributed by atoms with Crippen LogP contribution < -0.4 is 0 Å². The Morgan fingerprint density at radius 3 is 2.94 bits per heavy atom. The third-order valence-corrected chi connectivity index (χ3v) is 5.23. The summed E-state index contributed by atoms with van der Waals surface area (Å²) in [5.74, 6) is 3.30. The van der Waals surface area contributed by atoms with Crippen molar-refractivity contribution in [2.45, 2.75) is 25.3 Å². The first-order valence-corrected chi connectivity index (χ1v) is 7.57. The number of rotatable bonds is 2. The molecule has 3 aliphatic rings. The third kappa shape index (κ3) is 2.05. The van der Waals surface area contributed by atoms with E-state index in [1.807, 2.05) is 16.7 Å². The summed E-state index contributed by atoms with van der Waals surface area (Å²) in [5.41, 5.74) is 0. The van der Waals surface area contributed by atoms with Crippen LogP contribution in [0.3, 0.4) is 0 Å². The number of carbonyl (C=O) groups is 2. The Bertz CT molecular complexity index is 341. The fraction of sp³-hybridized carbons (Fsp3) is 0.833. The van der Waals surface area contributed by atoms with Gasteiger partial charge >= 0.3 is 0 Å². The summed E-state index contributed by atoms with van der Waals surface area (Å²) in [5, 5.41) is 0. The van der Waals surface area contributed by atoms with Crippen LogP contribution in [-0.4, -0.2) is 58.8 Å². The lowest BCUT2D eigenvalue weighted by Gasteiger charge is -2.37. The van der Waals surface area contributed by atoms with Crippen LogP contribution in [0.5, 0.6) is 0 Å². The molecule has 0 N–H and O–H groups in total. The minimum Gasteiger partial charge on any atom is -0.331 e. The molecule has 0 saturated carbocycles. The minimum atomic E-state index is -0.134. The van der Waals surface area contributed by atoms with Crippen LogP contribution in [-0.2, 0) is 9.59 Å². The molecule has 3 fully saturated rings. The van der Waals surface area contributed by atoms with Crippen LogP contribution in [0.2, 0.25) is 0 Å². The molecule has 0 aromatic rings. The second-order valence-corrected chi connectivity index (χ2v) is 6.34. The van der Waals surface area contributed by atoms with Gasteiger partial charge in [-0.15, -0.1) is 0 Å². The summed E-state index contributed by atoms with van der Waals surface area (Å²) in [4.78, 5) is 27.8. The number of hydrogen-bond donors (Lipinski definition) is 0. The van der Waals surface area contributed by atoms with Crippen LogP contribution in [0.15, 0.2) is 0 Å². The van der Waals surface area contributed by atoms with E-state index in [2.05, 4.69) is 0 Å². The molecule has 2 amide bonds. The second-order valence-electron chi connectivity index (χ2n) is 5.19. The Morgan fingerprint density at radius 1 is 1.29 bits per heavy atom. The average molecular weight is 254 g/mol. The van der Waals surface area contributed by atoms with Crippen molar-refractivity contribution in [3.05, 3.63) is 0 Å². The van der Waals surface area contributed by atoms with Gasteiger partial charge in [0, 0.05) is 13.1 Å². The maximum absolute atomic E-state index is 12.3. The monoisotopic (exact) mass is 254 g/mol. The normalized spacial score (nSPS) is 33.4. The van der Waals surface area contributed by atoms with Gasteiger partial charge in [0.1, 0.15) is 6.04 Å². The molecular formula is C12H18N2O2S. The van der Waals surface area contributed by atoms with Crippen molar-refractivity contribution in [3.63, 3.8) is 0 Å². The number of fused-ring (bicyclic) bond motifs is 1. The molecule has 0 aliphatic carbocycles. The molecule has 3 saturated heterocycles. The fourth-order valence-corrected chi connectivity index (χ4v) is 4.33. The zero-order valence-electron chi connectivity index (χ0n) is 9.93. The van der Waals surface area contributed by atoms with Crippen molar-refractivity contribution < 1.29 is 9.59 Å². The molecule has 3 aliphatic heterocycles. The third-order valence-electron chi connectivity index (χ3n) is 4.00. The quantitative estimate of drug-likeness (QED) is 0.723. The van der Waals surface area contributed by atoms with E-state index in [4.69, 9.17) is 0 Å². The molecule has 3 heterocycles. The predicted octanol–water partition coefficient (Wildman–Crippen LogP) is 0.573. The number of nitrogens with zero attached hydrogens (tertiary/aromatic N) is 2. The average Bonchev–Trinajstić information content (AvgIpc) is 2.96. The lowest BCUT2D eigenvalue weighted by molar-refractivity contribution is -0.154. The lowest BCUT2D eigenvalue weighted by atomic mass is 10.1. The summed E-state index contributed by atoms with van der Waals surface area (Å²) in [6.07, 6.45) is 3.03. The van der Waals surface area contributed by atoms with Gasteiger partial charge in [-0.1, -0.05) is 0 Å². The molecule has 0 bridgehead atoms. The molecular weight excluding hydrogens is 236 g/mol. The predicted molar refractivity (Wildman–Crippen MR) is 66.7 cm³/mol. The summed E-state index contributed by atoms with van der Waals surface area (Å²) < 4.78 is 0. The molecule has 2 atom stereocenters. The van der Waals surface area contributed by atoms with Crippen LogP contribution in [0.1, 0.15) is 19.3 Å². The van der Waals surface area contributed by atoms with E-state index < -0.39 is 0 Å². The van der Waals surface area contributed by atoms with Gasteiger partial charge in [0.15, 0.2) is 0 Å². The largest absolute Gasteiger partial charge is 0.331 e. The van der Waals surface area contributed by atoms with Gasteiger partial charge in [0.05, 0.1) is 6.54 Å². The van der Waals surface area contributed by atoms with E-state index in [1.54, 1.807) is 4.90 Å². The van der Waals surface area contributed by atoms with Gasteiger partial charge in [-0.3, -0.25) is 9.59 Å². The van der Waals surface area contributed by atoms with Crippen molar-refractivity contribution in [1.29, 1.82) is 0 Å². The molecule has 0 aromatic heterocycles. The Hall–Kier alpha value is -0.710. The molecule has 3 rings (SSSR count). The van der Waals surface area contributed by atoms with Crippen molar-refractivity contribution >= 4 is 23.6 Å². The first-order valence-electron chi connectivity index (χ1n) is 6.41. The standard InChI is InChI=1S/C12H18N2O2S/c15-11-7-13(6-9-3-5-17-8-9)12(16)10-2-1-4-14(10)11/h9-10H,1-8H2. The summed E-state index contributed by atoms with van der Waals surface area (Å²) in [6.45, 7) is 1.89. The van der Waals surface area contributed by atoms with Crippen molar-refractivity contribution in [3.8, 4) is 0 Å². The highest BCUT2D eigenvalue weighted by atomic mass is 32.2. The zero-order chi connectivity index (χ0) is 11.8. The van der Waals surface area contributed by atoms with Gasteiger partial charge < -0.3 is 9.80 Å². The Labute approximate surface area is 106 Å². The zero-order valence-corrected chi connectivity index (χ0v) is 10.7. The van der Waals surface area contributed by atoms with E-state index in [0.29, 0.717) is 12.5 Å². The number of thioether (sulfide) groups is 1. The van der Waals surface area contributed by atoms with E-state index >= 15 is 0 Å². The number of carbonyl (C=O) groups excluding carboxylic acids is 2. The van der Waals surface area contributed by atoms with E-state index in [1.165, 1.54) is 12.2 Å². The minimum absolute atomic E-state index is 0.134. The highest BCUT2D eigenvalue weighted by molar-refractivity contribution is 7.99. The van der Waals surface area contributed by atoms with E-state index in [-0.39, 0.29) is 17.9 Å². The van der Waals surface area contributed by atoms with Gasteiger partial charge in [0.25, 0.3) is 0 Å². The smallest absolute Gasteiger partial charge is 0.245 e. The van der Waals surface area contributed by atoms with Gasteiger partial charge in [-0.25, -0.2) is 0 Å². The summed E-state index contributed by atoms with van der Waals surface area (Å²) in [6, 6.07) is -0.134. The van der Waals surface area contributed by atoms with Crippen molar-refractivity contribution in [1.82, 2.24) is 9.80 Å². The maximum Gasteiger partial charge on any atom is 0.245 e. The number of piperazine rings is 1. The lowest BCUT2D eigenvalue weighted by Crippen LogP contribution is -2.58. The molecule has 0 aromatic carbocycles. The molecule has 0 spiro atoms. The SMILES string of the molecule is O=C1C2CCCN2C(=O)CN1CC1CCSC1. The summed E-state index contributed by atoms with van der Waals surface area (Å²) >= 11 is 1.96. The maximum atomic E-state index is 12.3. The molecule has 17 heavy (non-hydrogen) atoms. The molecule has 4 nitrogen and oxygen atoms in total. The highest BCUT2D eigenvalue weighted by Crippen LogP contribution is 2.28. The van der Waals surface area contributed by atoms with Gasteiger partial charge in [0.2, 0.25) is 11.8 Å². The second kappa shape index (κ2) is 4.52. The summed E-state index contributed by atoms with van der Waals surface area (Å²) in [7, 11) is 0. The van der Waals surface area contributed by atoms with Crippen LogP contribution in [0, 0.1) is 5.92 Å². The molecule has 2 unspecified atom stereocenters. The van der Waals surface area contributed by atoms with Crippen LogP contribution in [0.25, 0.3) is 0 Å². The van der Waals surface area contributed by atoms with Crippen molar-refractivity contribution in [2.24, 2.45) is 5.92 Å². The fourth-order valence-electron chi connectivity index (χ4n) is 3.06. The van der Waals surface area contributed by atoms with Crippen LogP contribution in [0.4, 0.5) is 0 Å². The molecule has 0 radical (unpaired) electrons.